The van der Waals surface area contributed by atoms with E-state index < -0.39 is 89.5 Å². The first-order valence-electron chi connectivity index (χ1n) is 24.6. The number of nitrogens with one attached hydrogen (secondary N) is 16. The van der Waals surface area contributed by atoms with Crippen molar-refractivity contribution in [2.75, 3.05) is 32.7 Å². The lowest BCUT2D eigenvalue weighted by Crippen LogP contribution is -2.59. The third-order valence-electron chi connectivity index (χ3n) is 10.9. The van der Waals surface area contributed by atoms with Gasteiger partial charge in [-0.2, -0.15) is 0 Å². The van der Waals surface area contributed by atoms with Gasteiger partial charge in [0, 0.05) is 32.7 Å². The minimum atomic E-state index is -1.42. The molecule has 0 radical (unpaired) electrons. The van der Waals surface area contributed by atoms with Crippen LogP contribution in [0, 0.1) is 27.0 Å². The molecule has 7 atom stereocenters. The number of benzene rings is 1. The Balaban J connectivity index is 3.46. The number of esters is 1. The van der Waals surface area contributed by atoms with Crippen molar-refractivity contribution in [1.82, 2.24) is 58.5 Å². The van der Waals surface area contributed by atoms with Crippen molar-refractivity contribution in [2.45, 2.75) is 133 Å². The SMILES string of the molecule is C[C@@H](N)C(=O)N[C@H](CCCNC(=N)N)C(=O)N[C@H](CCCNC(=N)N)C(=O)N[C@H](CCCNC(=N)N)C(=O)N[C@H](C)C(=O)N[C@H](CCCNC(=N)N)C(=O)N[C@@H](CCCCNC(=N)N)C(=O)C(=O)OCc1ccccc1. The van der Waals surface area contributed by atoms with E-state index in [2.05, 4.69) is 58.5 Å². The van der Waals surface area contributed by atoms with E-state index in [1.807, 2.05) is 0 Å². The molecular formula is C45H80N22O9. The fourth-order valence-corrected chi connectivity index (χ4v) is 6.89. The molecule has 1 aromatic rings. The molecule has 0 aliphatic carbocycles. The molecule has 1 aromatic carbocycles. The van der Waals surface area contributed by atoms with Gasteiger partial charge in [0.1, 0.15) is 36.8 Å². The number of rotatable bonds is 37. The van der Waals surface area contributed by atoms with Crippen LogP contribution in [0.4, 0.5) is 0 Å². The minimum Gasteiger partial charge on any atom is -0.455 e. The second kappa shape index (κ2) is 36.4. The molecule has 31 heteroatoms. The zero-order valence-corrected chi connectivity index (χ0v) is 43.1. The third kappa shape index (κ3) is 29.3. The minimum absolute atomic E-state index is 0.0282. The van der Waals surface area contributed by atoms with E-state index in [9.17, 15) is 38.4 Å². The lowest BCUT2D eigenvalue weighted by molar-refractivity contribution is -0.156. The van der Waals surface area contributed by atoms with Gasteiger partial charge in [-0.3, -0.25) is 60.6 Å². The lowest BCUT2D eigenvalue weighted by Gasteiger charge is -2.27. The molecule has 0 bridgehead atoms. The van der Waals surface area contributed by atoms with Crippen LogP contribution >= 0.6 is 0 Å². The molecule has 0 spiro atoms. The smallest absolute Gasteiger partial charge is 0.377 e. The van der Waals surface area contributed by atoms with E-state index in [4.69, 9.17) is 66.2 Å². The Morgan fingerprint density at radius 2 is 0.750 bits per heavy atom. The predicted molar refractivity (Wildman–Crippen MR) is 283 cm³/mol. The van der Waals surface area contributed by atoms with E-state index in [1.165, 1.54) is 13.8 Å². The summed E-state index contributed by atoms with van der Waals surface area (Å²) in [5, 5.41) is 65.8. The number of guanidine groups is 5. The van der Waals surface area contributed by atoms with Crippen LogP contribution in [0.1, 0.15) is 90.0 Å². The highest BCUT2D eigenvalue weighted by Crippen LogP contribution is 2.10. The maximum atomic E-state index is 14.1. The second-order valence-corrected chi connectivity index (χ2v) is 17.5. The first-order valence-corrected chi connectivity index (χ1v) is 24.6. The summed E-state index contributed by atoms with van der Waals surface area (Å²) in [7, 11) is 0. The molecule has 0 aliphatic heterocycles. The number of ether oxygens (including phenoxy) is 1. The van der Waals surface area contributed by atoms with Crippen LogP contribution in [-0.4, -0.2) is 152 Å². The van der Waals surface area contributed by atoms with Gasteiger partial charge in [0.15, 0.2) is 29.8 Å². The van der Waals surface area contributed by atoms with Gasteiger partial charge in [-0.1, -0.05) is 30.3 Å². The number of amides is 6. The van der Waals surface area contributed by atoms with E-state index in [0.717, 1.165) is 0 Å². The molecular weight excluding hydrogens is 993 g/mol. The summed E-state index contributed by atoms with van der Waals surface area (Å²) in [6.45, 7) is 3.19. The van der Waals surface area contributed by atoms with E-state index in [-0.39, 0.29) is 133 Å². The molecule has 424 valence electrons. The third-order valence-corrected chi connectivity index (χ3v) is 10.9. The lowest BCUT2D eigenvalue weighted by atomic mass is 10.0. The predicted octanol–water partition coefficient (Wildman–Crippen LogP) is -5.72. The van der Waals surface area contributed by atoms with Crippen molar-refractivity contribution in [3.8, 4) is 0 Å². The Hall–Kier alpha value is -8.51. The number of unbranched alkanes of at least 4 members (excludes halogenated alkanes) is 1. The molecule has 28 N–H and O–H groups in total. The Morgan fingerprint density at radius 3 is 1.12 bits per heavy atom. The van der Waals surface area contributed by atoms with Gasteiger partial charge in [0.25, 0.3) is 5.78 Å². The van der Waals surface area contributed by atoms with Crippen molar-refractivity contribution < 1.29 is 43.1 Å². The van der Waals surface area contributed by atoms with Gasteiger partial charge >= 0.3 is 5.97 Å². The first kappa shape index (κ1) is 65.5. The monoisotopic (exact) mass is 1070 g/mol. The Kier molecular flexibility index (Phi) is 31.4. The molecule has 0 aliphatic rings. The molecule has 0 saturated heterocycles. The number of carbonyl (C=O) groups excluding carboxylic acids is 8. The van der Waals surface area contributed by atoms with Gasteiger partial charge in [0.2, 0.25) is 35.4 Å². The van der Waals surface area contributed by atoms with Crippen LogP contribution in [0.25, 0.3) is 0 Å². The van der Waals surface area contributed by atoms with Crippen LogP contribution in [-0.2, 0) is 49.7 Å². The van der Waals surface area contributed by atoms with Crippen molar-refractivity contribution in [3.63, 3.8) is 0 Å². The Labute approximate surface area is 441 Å². The quantitative estimate of drug-likeness (QED) is 0.00971. The number of hydrogen-bond donors (Lipinski definition) is 22. The molecule has 0 saturated carbocycles. The largest absolute Gasteiger partial charge is 0.455 e. The van der Waals surface area contributed by atoms with Crippen molar-refractivity contribution in [2.24, 2.45) is 34.4 Å². The highest BCUT2D eigenvalue weighted by molar-refractivity contribution is 6.36. The topological polar surface area (TPSA) is 553 Å². The summed E-state index contributed by atoms with van der Waals surface area (Å²) in [5.74, 6) is -8.92. The normalized spacial score (nSPS) is 13.4. The summed E-state index contributed by atoms with van der Waals surface area (Å²) < 4.78 is 5.25. The molecule has 0 heterocycles. The fourth-order valence-electron chi connectivity index (χ4n) is 6.89. The number of ketones is 1. The Bertz CT molecular complexity index is 2130. The van der Waals surface area contributed by atoms with Crippen LogP contribution < -0.4 is 92.9 Å². The molecule has 0 fully saturated rings. The zero-order valence-electron chi connectivity index (χ0n) is 43.1. The van der Waals surface area contributed by atoms with Crippen molar-refractivity contribution in [3.05, 3.63) is 35.9 Å². The average Bonchev–Trinajstić information content (AvgIpc) is 3.35. The van der Waals surface area contributed by atoms with Crippen LogP contribution in [0.15, 0.2) is 30.3 Å². The Morgan fingerprint density at radius 1 is 0.434 bits per heavy atom. The maximum Gasteiger partial charge on any atom is 0.377 e. The summed E-state index contributed by atoms with van der Waals surface area (Å²) >= 11 is 0. The summed E-state index contributed by atoms with van der Waals surface area (Å²) in [6.07, 6.45) is 1.06. The summed E-state index contributed by atoms with van der Waals surface area (Å²) in [6, 6.07) is -0.600. The molecule has 0 aromatic heterocycles. The zero-order chi connectivity index (χ0) is 57.2. The van der Waals surface area contributed by atoms with Crippen LogP contribution in [0.3, 0.4) is 0 Å². The van der Waals surface area contributed by atoms with Crippen molar-refractivity contribution >= 4 is 77.0 Å². The second-order valence-electron chi connectivity index (χ2n) is 17.5. The molecule has 0 unspecified atom stereocenters. The number of nitrogens with two attached hydrogens (primary N) is 6. The van der Waals surface area contributed by atoms with E-state index in [0.29, 0.717) is 12.0 Å². The highest BCUT2D eigenvalue weighted by atomic mass is 16.5. The van der Waals surface area contributed by atoms with Gasteiger partial charge in [-0.25, -0.2) is 4.79 Å². The molecule has 6 amide bonds. The molecule has 1 rings (SSSR count). The van der Waals surface area contributed by atoms with Gasteiger partial charge in [-0.15, -0.1) is 0 Å². The average molecular weight is 1070 g/mol. The summed E-state index contributed by atoms with van der Waals surface area (Å²) in [4.78, 5) is 109. The van der Waals surface area contributed by atoms with Crippen LogP contribution in [0.5, 0.6) is 0 Å². The summed E-state index contributed by atoms with van der Waals surface area (Å²) in [5.41, 5.74) is 33.4. The number of hydrogen-bond acceptors (Lipinski definition) is 15. The fraction of sp³-hybridized carbons (Fsp3) is 0.578. The highest BCUT2D eigenvalue weighted by Gasteiger charge is 2.34. The first-order chi connectivity index (χ1) is 35.9. The van der Waals surface area contributed by atoms with E-state index >= 15 is 0 Å². The molecule has 31 nitrogen and oxygen atoms in total. The molecule has 76 heavy (non-hydrogen) atoms. The number of Topliss-reactive ketones (excluding diaryl/α,β-unsaturated/α-hetero) is 1. The number of carbonyl (C=O) groups is 8. The van der Waals surface area contributed by atoms with Gasteiger partial charge in [-0.05, 0) is 90.0 Å². The van der Waals surface area contributed by atoms with E-state index in [1.54, 1.807) is 30.3 Å². The van der Waals surface area contributed by atoms with Gasteiger partial charge < -0.3 is 97.6 Å². The standard InChI is InChI=1S/C45H80N22O9/c1-25(46)34(69)64-30(16-9-21-59-43(51)52)38(73)67-32(18-11-23-61-45(55)56)39(74)66-29(15-8-20-58-42(49)50)36(71)62-26(2)35(70)65-31(17-10-22-60-44(53)54)37(72)63-28(14-6-7-19-57-41(47)48)33(68)40(75)76-24-27-12-4-3-5-13-27/h3-5,12-13,25-26,28-32H,6-11,14-24,46H2,1-2H3,(H,62,71)(H,63,72)(H,64,69)(H,65,70)(H,66,74)(H,67,73)(H4,47,48,57)(H4,49,50,58)(H4,51,52,59)(H4,53,54,60)(H4,55,56,61)/t25-,26-,28+,29-,30-,31-,32-/m1/s1. The van der Waals surface area contributed by atoms with Crippen molar-refractivity contribution in [1.29, 1.82) is 27.0 Å². The van der Waals surface area contributed by atoms with Crippen LogP contribution in [0.2, 0.25) is 0 Å². The van der Waals surface area contributed by atoms with Gasteiger partial charge in [0.05, 0.1) is 12.1 Å². The maximum absolute atomic E-state index is 14.1.